The molecule has 7 nitrogen and oxygen atoms in total. The summed E-state index contributed by atoms with van der Waals surface area (Å²) < 4.78 is 10.8. The van der Waals surface area contributed by atoms with Crippen molar-refractivity contribution in [3.05, 3.63) is 70.3 Å². The van der Waals surface area contributed by atoms with Gasteiger partial charge in [-0.2, -0.15) is 0 Å². The minimum absolute atomic E-state index is 0.0398. The molecule has 1 aliphatic rings. The number of nitrogens with zero attached hydrogens (tertiary/aromatic N) is 3. The fourth-order valence-electron chi connectivity index (χ4n) is 3.42. The van der Waals surface area contributed by atoms with Crippen molar-refractivity contribution >= 4 is 16.9 Å². The third-order valence-corrected chi connectivity index (χ3v) is 5.17. The second kappa shape index (κ2) is 8.45. The first kappa shape index (κ1) is 19.1. The predicted molar refractivity (Wildman–Crippen MR) is 109 cm³/mol. The number of amides is 1. The fourth-order valence-corrected chi connectivity index (χ4v) is 3.42. The third kappa shape index (κ3) is 4.63. The molecule has 1 amide bonds. The molecule has 0 spiro atoms. The number of ether oxygens (including phenoxy) is 1. The maximum Gasteiger partial charge on any atom is 0.336 e. The molecule has 1 saturated heterocycles. The molecule has 0 radical (unpaired) electrons. The van der Waals surface area contributed by atoms with E-state index in [4.69, 9.17) is 9.15 Å². The number of carbonyl (C=O) groups is 1. The summed E-state index contributed by atoms with van der Waals surface area (Å²) in [5.41, 5.74) is 2.30. The molecule has 0 atom stereocenters. The van der Waals surface area contributed by atoms with Gasteiger partial charge in [0.15, 0.2) is 6.61 Å². The first-order chi connectivity index (χ1) is 14.1. The van der Waals surface area contributed by atoms with E-state index in [0.29, 0.717) is 24.4 Å². The van der Waals surface area contributed by atoms with E-state index >= 15 is 0 Å². The predicted octanol–water partition coefficient (Wildman–Crippen LogP) is 2.22. The van der Waals surface area contributed by atoms with Crippen LogP contribution in [0.25, 0.3) is 11.0 Å². The molecular weight excluding hydrogens is 370 g/mol. The summed E-state index contributed by atoms with van der Waals surface area (Å²) in [4.78, 5) is 32.4. The Bertz CT molecular complexity index is 1070. The average Bonchev–Trinajstić information content (AvgIpc) is 2.74. The summed E-state index contributed by atoms with van der Waals surface area (Å²) in [5, 5.41) is 0.808. The molecule has 4 rings (SSSR count). The lowest BCUT2D eigenvalue weighted by atomic mass is 10.2. The van der Waals surface area contributed by atoms with Crippen LogP contribution in [0.3, 0.4) is 0 Å². The number of aryl methyl sites for hydroxylation is 1. The van der Waals surface area contributed by atoms with Gasteiger partial charge in [-0.25, -0.2) is 4.79 Å². The molecule has 3 aromatic rings. The summed E-state index contributed by atoms with van der Waals surface area (Å²) in [7, 11) is 0. The van der Waals surface area contributed by atoms with Gasteiger partial charge >= 0.3 is 5.63 Å². The molecule has 29 heavy (non-hydrogen) atoms. The summed E-state index contributed by atoms with van der Waals surface area (Å²) >= 11 is 0. The Morgan fingerprint density at radius 1 is 1.14 bits per heavy atom. The first-order valence-electron chi connectivity index (χ1n) is 9.66. The van der Waals surface area contributed by atoms with E-state index in [1.807, 2.05) is 17.2 Å². The smallest absolute Gasteiger partial charge is 0.336 e. The minimum Gasteiger partial charge on any atom is -0.484 e. The SMILES string of the molecule is Cc1cccnc1CN1CCN(C(=O)COc2ccc3ccc(=O)oc3c2)CC1. The summed E-state index contributed by atoms with van der Waals surface area (Å²) in [6, 6.07) is 12.3. The molecule has 1 fully saturated rings. The highest BCUT2D eigenvalue weighted by Gasteiger charge is 2.22. The second-order valence-corrected chi connectivity index (χ2v) is 7.17. The van der Waals surface area contributed by atoms with E-state index in [2.05, 4.69) is 22.9 Å². The number of fused-ring (bicyclic) bond motifs is 1. The molecule has 0 N–H and O–H groups in total. The molecule has 2 aromatic heterocycles. The molecule has 150 valence electrons. The van der Waals surface area contributed by atoms with Crippen LogP contribution in [0.1, 0.15) is 11.3 Å². The number of benzene rings is 1. The molecule has 7 heteroatoms. The maximum absolute atomic E-state index is 12.5. The number of rotatable bonds is 5. The van der Waals surface area contributed by atoms with Gasteiger partial charge in [0.05, 0.1) is 5.69 Å². The summed E-state index contributed by atoms with van der Waals surface area (Å²) in [5.74, 6) is 0.456. The molecular formula is C22H23N3O4. The zero-order valence-electron chi connectivity index (χ0n) is 16.3. The largest absolute Gasteiger partial charge is 0.484 e. The van der Waals surface area contributed by atoms with Crippen LogP contribution in [0.4, 0.5) is 0 Å². The van der Waals surface area contributed by atoms with Crippen molar-refractivity contribution in [2.45, 2.75) is 13.5 Å². The second-order valence-electron chi connectivity index (χ2n) is 7.17. The van der Waals surface area contributed by atoms with E-state index < -0.39 is 5.63 Å². The minimum atomic E-state index is -0.413. The third-order valence-electron chi connectivity index (χ3n) is 5.17. The molecule has 0 bridgehead atoms. The highest BCUT2D eigenvalue weighted by Crippen LogP contribution is 2.19. The van der Waals surface area contributed by atoms with E-state index in [1.54, 1.807) is 24.3 Å². The highest BCUT2D eigenvalue weighted by molar-refractivity contribution is 5.79. The first-order valence-corrected chi connectivity index (χ1v) is 9.66. The van der Waals surface area contributed by atoms with Crippen molar-refractivity contribution in [3.63, 3.8) is 0 Å². The van der Waals surface area contributed by atoms with Crippen LogP contribution in [0.2, 0.25) is 0 Å². The van der Waals surface area contributed by atoms with Crippen LogP contribution in [-0.4, -0.2) is 53.5 Å². The van der Waals surface area contributed by atoms with Crippen molar-refractivity contribution in [3.8, 4) is 5.75 Å². The van der Waals surface area contributed by atoms with Crippen molar-refractivity contribution in [2.24, 2.45) is 0 Å². The lowest BCUT2D eigenvalue weighted by molar-refractivity contribution is -0.135. The monoisotopic (exact) mass is 393 g/mol. The van der Waals surface area contributed by atoms with Crippen LogP contribution >= 0.6 is 0 Å². The molecule has 1 aliphatic heterocycles. The van der Waals surface area contributed by atoms with Crippen LogP contribution in [0.15, 0.2) is 57.9 Å². The summed E-state index contributed by atoms with van der Waals surface area (Å²) in [6.07, 6.45) is 1.82. The number of pyridine rings is 1. The van der Waals surface area contributed by atoms with Gasteiger partial charge in [-0.05, 0) is 36.8 Å². The molecule has 0 aliphatic carbocycles. The standard InChI is InChI=1S/C22H23N3O4/c1-16-3-2-8-23-19(16)14-24-9-11-25(12-10-24)21(26)15-28-18-6-4-17-5-7-22(27)29-20(17)13-18/h2-8,13H,9-12,14-15H2,1H3. The molecule has 0 unspecified atom stereocenters. The Labute approximate surface area is 168 Å². The van der Waals surface area contributed by atoms with Crippen molar-refractivity contribution in [1.29, 1.82) is 0 Å². The number of hydrogen-bond donors (Lipinski definition) is 0. The zero-order valence-corrected chi connectivity index (χ0v) is 16.3. The summed E-state index contributed by atoms with van der Waals surface area (Å²) in [6.45, 7) is 5.78. The zero-order chi connectivity index (χ0) is 20.2. The van der Waals surface area contributed by atoms with E-state index in [0.717, 1.165) is 30.7 Å². The van der Waals surface area contributed by atoms with Crippen LogP contribution < -0.4 is 10.4 Å². The Morgan fingerprint density at radius 3 is 2.72 bits per heavy atom. The number of carbonyl (C=O) groups excluding carboxylic acids is 1. The molecule has 0 saturated carbocycles. The van der Waals surface area contributed by atoms with Crippen molar-refractivity contribution < 1.29 is 13.9 Å². The van der Waals surface area contributed by atoms with E-state index in [-0.39, 0.29) is 12.5 Å². The van der Waals surface area contributed by atoms with Gasteiger partial charge in [-0.1, -0.05) is 6.07 Å². The normalized spacial score (nSPS) is 14.9. The van der Waals surface area contributed by atoms with Gasteiger partial charge in [-0.3, -0.25) is 14.7 Å². The van der Waals surface area contributed by atoms with E-state index in [1.165, 1.54) is 11.6 Å². The van der Waals surface area contributed by atoms with Gasteiger partial charge in [-0.15, -0.1) is 0 Å². The maximum atomic E-state index is 12.5. The fraction of sp³-hybridized carbons (Fsp3) is 0.318. The van der Waals surface area contributed by atoms with E-state index in [9.17, 15) is 9.59 Å². The average molecular weight is 393 g/mol. The Hall–Kier alpha value is -3.19. The number of hydrogen-bond acceptors (Lipinski definition) is 6. The lowest BCUT2D eigenvalue weighted by Crippen LogP contribution is -2.49. The van der Waals surface area contributed by atoms with Gasteiger partial charge in [0.1, 0.15) is 11.3 Å². The van der Waals surface area contributed by atoms with Crippen LogP contribution in [0.5, 0.6) is 5.75 Å². The van der Waals surface area contributed by atoms with Gasteiger partial charge in [0.25, 0.3) is 5.91 Å². The quantitative estimate of drug-likeness (QED) is 0.619. The number of aromatic nitrogens is 1. The van der Waals surface area contributed by atoms with Crippen LogP contribution in [-0.2, 0) is 11.3 Å². The van der Waals surface area contributed by atoms with Crippen molar-refractivity contribution in [1.82, 2.24) is 14.8 Å². The Morgan fingerprint density at radius 2 is 1.93 bits per heavy atom. The lowest BCUT2D eigenvalue weighted by Gasteiger charge is -2.34. The molecule has 1 aromatic carbocycles. The topological polar surface area (TPSA) is 75.9 Å². The van der Waals surface area contributed by atoms with Gasteiger partial charge in [0.2, 0.25) is 0 Å². The number of piperazine rings is 1. The van der Waals surface area contributed by atoms with Crippen LogP contribution in [0, 0.1) is 6.92 Å². The highest BCUT2D eigenvalue weighted by atomic mass is 16.5. The molecule has 3 heterocycles. The van der Waals surface area contributed by atoms with Gasteiger partial charge in [0, 0.05) is 56.4 Å². The van der Waals surface area contributed by atoms with Crippen molar-refractivity contribution in [2.75, 3.05) is 32.8 Å². The van der Waals surface area contributed by atoms with Gasteiger partial charge < -0.3 is 14.1 Å². The Balaban J connectivity index is 1.29. The Kier molecular flexibility index (Phi) is 5.57.